The zero-order chi connectivity index (χ0) is 15.3. The van der Waals surface area contributed by atoms with E-state index in [1.54, 1.807) is 7.11 Å². The molecule has 1 fully saturated rings. The highest BCUT2D eigenvalue weighted by Gasteiger charge is 2.40. The summed E-state index contributed by atoms with van der Waals surface area (Å²) in [7, 11) is 1.63. The summed E-state index contributed by atoms with van der Waals surface area (Å²) >= 11 is 0. The molecule has 1 aliphatic heterocycles. The summed E-state index contributed by atoms with van der Waals surface area (Å²) in [6.07, 6.45) is 2.47. The molecule has 5 heteroatoms. The number of halogens is 1. The first-order chi connectivity index (χ1) is 10.1. The molecule has 4 nitrogen and oxygen atoms in total. The fourth-order valence-electron chi connectivity index (χ4n) is 2.81. The van der Waals surface area contributed by atoms with Crippen LogP contribution < -0.4 is 10.6 Å². The van der Waals surface area contributed by atoms with Crippen molar-refractivity contribution in [3.63, 3.8) is 0 Å². The van der Waals surface area contributed by atoms with Crippen LogP contribution in [0.25, 0.3) is 0 Å². The second kappa shape index (κ2) is 8.51. The lowest BCUT2D eigenvalue weighted by Crippen LogP contribution is -2.54. The van der Waals surface area contributed by atoms with Crippen LogP contribution in [0.3, 0.4) is 0 Å². The molecule has 0 radical (unpaired) electrons. The average molecular weight is 327 g/mol. The Hall–Kier alpha value is -1.10. The SMILES string of the molecule is CCc1ccc(C(C)NC(=O)C2(OC)CCNCC2)cc1.Cl. The molecular formula is C17H27ClN2O2. The molecule has 0 bridgehead atoms. The van der Waals surface area contributed by atoms with Crippen molar-refractivity contribution in [1.29, 1.82) is 0 Å². The molecule has 1 aromatic carbocycles. The van der Waals surface area contributed by atoms with Crippen LogP contribution in [-0.4, -0.2) is 31.7 Å². The Labute approximate surface area is 139 Å². The van der Waals surface area contributed by atoms with Gasteiger partial charge in [-0.3, -0.25) is 4.79 Å². The summed E-state index contributed by atoms with van der Waals surface area (Å²) in [5.74, 6) is -0.00133. The van der Waals surface area contributed by atoms with E-state index < -0.39 is 5.60 Å². The number of hydrogen-bond acceptors (Lipinski definition) is 3. The van der Waals surface area contributed by atoms with Crippen LogP contribution in [-0.2, 0) is 16.0 Å². The Balaban J connectivity index is 0.00000242. The van der Waals surface area contributed by atoms with E-state index in [0.717, 1.165) is 37.9 Å². The topological polar surface area (TPSA) is 50.4 Å². The van der Waals surface area contributed by atoms with Crippen molar-refractivity contribution in [3.05, 3.63) is 35.4 Å². The van der Waals surface area contributed by atoms with Crippen molar-refractivity contribution >= 4 is 18.3 Å². The van der Waals surface area contributed by atoms with Crippen molar-refractivity contribution in [2.45, 2.75) is 44.8 Å². The minimum absolute atomic E-state index is 0. The lowest BCUT2D eigenvalue weighted by atomic mass is 9.90. The largest absolute Gasteiger partial charge is 0.368 e. The molecule has 1 amide bonds. The lowest BCUT2D eigenvalue weighted by molar-refractivity contribution is -0.147. The van der Waals surface area contributed by atoms with E-state index in [1.165, 1.54) is 5.56 Å². The lowest BCUT2D eigenvalue weighted by Gasteiger charge is -2.35. The van der Waals surface area contributed by atoms with Gasteiger partial charge in [0.25, 0.3) is 5.91 Å². The van der Waals surface area contributed by atoms with Gasteiger partial charge in [0.15, 0.2) is 0 Å². The molecule has 1 atom stereocenters. The van der Waals surface area contributed by atoms with Gasteiger partial charge in [0, 0.05) is 7.11 Å². The number of carbonyl (C=O) groups excluding carboxylic acids is 1. The van der Waals surface area contributed by atoms with Crippen molar-refractivity contribution in [2.75, 3.05) is 20.2 Å². The highest BCUT2D eigenvalue weighted by Crippen LogP contribution is 2.24. The molecule has 0 saturated carbocycles. The molecule has 1 heterocycles. The summed E-state index contributed by atoms with van der Waals surface area (Å²) in [6.45, 7) is 5.80. The van der Waals surface area contributed by atoms with Crippen LogP contribution in [0, 0.1) is 0 Å². The molecule has 0 spiro atoms. The summed E-state index contributed by atoms with van der Waals surface area (Å²) < 4.78 is 5.56. The number of nitrogens with one attached hydrogen (secondary N) is 2. The monoisotopic (exact) mass is 326 g/mol. The number of rotatable bonds is 5. The van der Waals surface area contributed by atoms with Gasteiger partial charge >= 0.3 is 0 Å². The Kier molecular flexibility index (Phi) is 7.33. The molecule has 2 rings (SSSR count). The van der Waals surface area contributed by atoms with Crippen molar-refractivity contribution in [2.24, 2.45) is 0 Å². The van der Waals surface area contributed by atoms with Gasteiger partial charge < -0.3 is 15.4 Å². The predicted molar refractivity (Wildman–Crippen MR) is 91.5 cm³/mol. The molecule has 124 valence electrons. The quantitative estimate of drug-likeness (QED) is 0.874. The number of piperidine rings is 1. The van der Waals surface area contributed by atoms with Gasteiger partial charge in [0.1, 0.15) is 5.60 Å². The number of ether oxygens (including phenoxy) is 1. The second-order valence-electron chi connectivity index (χ2n) is 5.74. The van der Waals surface area contributed by atoms with E-state index in [0.29, 0.717) is 0 Å². The standard InChI is InChI=1S/C17H26N2O2.ClH/c1-4-14-5-7-15(8-6-14)13(2)19-16(20)17(21-3)9-11-18-12-10-17;/h5-8,13,18H,4,9-12H2,1-3H3,(H,19,20);1H. The number of aryl methyl sites for hydroxylation is 1. The van der Waals surface area contributed by atoms with Crippen LogP contribution in [0.4, 0.5) is 0 Å². The van der Waals surface area contributed by atoms with E-state index in [4.69, 9.17) is 4.74 Å². The highest BCUT2D eigenvalue weighted by atomic mass is 35.5. The minimum atomic E-state index is -0.678. The molecule has 2 N–H and O–H groups in total. The van der Waals surface area contributed by atoms with Crippen LogP contribution in [0.5, 0.6) is 0 Å². The van der Waals surface area contributed by atoms with E-state index in [-0.39, 0.29) is 24.4 Å². The maximum atomic E-state index is 12.6. The number of carbonyl (C=O) groups is 1. The summed E-state index contributed by atoms with van der Waals surface area (Å²) in [6, 6.07) is 8.41. The van der Waals surface area contributed by atoms with Crippen molar-refractivity contribution in [3.8, 4) is 0 Å². The Morgan fingerprint density at radius 2 is 1.91 bits per heavy atom. The summed E-state index contributed by atoms with van der Waals surface area (Å²) in [4.78, 5) is 12.6. The zero-order valence-electron chi connectivity index (χ0n) is 13.6. The van der Waals surface area contributed by atoms with Crippen LogP contribution >= 0.6 is 12.4 Å². The van der Waals surface area contributed by atoms with E-state index in [2.05, 4.69) is 41.8 Å². The van der Waals surface area contributed by atoms with Crippen LogP contribution in [0.15, 0.2) is 24.3 Å². The number of methoxy groups -OCH3 is 1. The average Bonchev–Trinajstić information content (AvgIpc) is 2.55. The molecule has 1 unspecified atom stereocenters. The maximum absolute atomic E-state index is 12.6. The van der Waals surface area contributed by atoms with Gasteiger partial charge in [-0.2, -0.15) is 0 Å². The van der Waals surface area contributed by atoms with Crippen molar-refractivity contribution < 1.29 is 9.53 Å². The molecule has 0 aliphatic carbocycles. The third-order valence-corrected chi connectivity index (χ3v) is 4.45. The van der Waals surface area contributed by atoms with E-state index in [1.807, 2.05) is 6.92 Å². The molecule has 0 aromatic heterocycles. The number of hydrogen-bond donors (Lipinski definition) is 2. The van der Waals surface area contributed by atoms with Gasteiger partial charge in [-0.25, -0.2) is 0 Å². The molecule has 1 aromatic rings. The summed E-state index contributed by atoms with van der Waals surface area (Å²) in [5, 5.41) is 6.37. The van der Waals surface area contributed by atoms with Gasteiger partial charge in [0.2, 0.25) is 0 Å². The molecule has 1 aliphatic rings. The van der Waals surface area contributed by atoms with Gasteiger partial charge in [-0.1, -0.05) is 31.2 Å². The fourth-order valence-corrected chi connectivity index (χ4v) is 2.81. The first kappa shape index (κ1) is 18.9. The number of benzene rings is 1. The predicted octanol–water partition coefficient (Wildman–Crippen LogP) is 2.62. The summed E-state index contributed by atoms with van der Waals surface area (Å²) in [5.41, 5.74) is 1.76. The minimum Gasteiger partial charge on any atom is -0.368 e. The molecular weight excluding hydrogens is 300 g/mol. The first-order valence-electron chi connectivity index (χ1n) is 7.77. The Morgan fingerprint density at radius 1 is 1.32 bits per heavy atom. The molecule has 22 heavy (non-hydrogen) atoms. The maximum Gasteiger partial charge on any atom is 0.252 e. The highest BCUT2D eigenvalue weighted by molar-refractivity contribution is 5.86. The second-order valence-corrected chi connectivity index (χ2v) is 5.74. The fraction of sp³-hybridized carbons (Fsp3) is 0.588. The first-order valence-corrected chi connectivity index (χ1v) is 7.77. The zero-order valence-corrected chi connectivity index (χ0v) is 14.5. The van der Waals surface area contributed by atoms with Crippen LogP contribution in [0.1, 0.15) is 43.9 Å². The third-order valence-electron chi connectivity index (χ3n) is 4.45. The smallest absolute Gasteiger partial charge is 0.252 e. The van der Waals surface area contributed by atoms with E-state index in [9.17, 15) is 4.79 Å². The Morgan fingerprint density at radius 3 is 2.41 bits per heavy atom. The van der Waals surface area contributed by atoms with Gasteiger partial charge in [-0.05, 0) is 50.4 Å². The van der Waals surface area contributed by atoms with Crippen molar-refractivity contribution in [1.82, 2.24) is 10.6 Å². The molecule has 1 saturated heterocycles. The van der Waals surface area contributed by atoms with Gasteiger partial charge in [0.05, 0.1) is 6.04 Å². The van der Waals surface area contributed by atoms with Crippen LogP contribution in [0.2, 0.25) is 0 Å². The normalized spacial score (nSPS) is 18.1. The third kappa shape index (κ3) is 4.22. The van der Waals surface area contributed by atoms with E-state index >= 15 is 0 Å². The number of amides is 1. The van der Waals surface area contributed by atoms with Gasteiger partial charge in [-0.15, -0.1) is 12.4 Å². The Bertz CT molecular complexity index is 470.